The highest BCUT2D eigenvalue weighted by molar-refractivity contribution is 6.08. The Balaban J connectivity index is 1.22. The molecule has 0 saturated carbocycles. The van der Waals surface area contributed by atoms with Gasteiger partial charge in [-0.25, -0.2) is 14.6 Å². The Labute approximate surface area is 227 Å². The van der Waals surface area contributed by atoms with Crippen LogP contribution < -0.4 is 24.6 Å². The molecule has 214 valence electrons. The van der Waals surface area contributed by atoms with Crippen LogP contribution >= 0.6 is 0 Å². The van der Waals surface area contributed by atoms with Gasteiger partial charge < -0.3 is 29.7 Å². The molecular weight excluding hydrogens is 533 g/mol. The zero-order valence-corrected chi connectivity index (χ0v) is 22.2. The minimum Gasteiger partial charge on any atom is -0.481 e. The second kappa shape index (κ2) is 10.4. The normalized spacial score (nSPS) is 18.5. The summed E-state index contributed by atoms with van der Waals surface area (Å²) in [5.41, 5.74) is 0.135. The highest BCUT2D eigenvalue weighted by Gasteiger charge is 2.48. The fourth-order valence-corrected chi connectivity index (χ4v) is 4.69. The van der Waals surface area contributed by atoms with Gasteiger partial charge in [0, 0.05) is 38.5 Å². The van der Waals surface area contributed by atoms with Crippen LogP contribution in [0.5, 0.6) is 11.8 Å². The van der Waals surface area contributed by atoms with Crippen LogP contribution in [-0.4, -0.2) is 75.2 Å². The number of rotatable bonds is 9. The number of alkyl halides is 3. The van der Waals surface area contributed by atoms with Crippen LogP contribution in [0, 0.1) is 0 Å². The summed E-state index contributed by atoms with van der Waals surface area (Å²) in [7, 11) is 3.01. The number of ether oxygens (including phenoxy) is 2. The van der Waals surface area contributed by atoms with Gasteiger partial charge in [-0.3, -0.25) is 4.79 Å². The van der Waals surface area contributed by atoms with Gasteiger partial charge >= 0.3 is 6.18 Å². The lowest BCUT2D eigenvalue weighted by atomic mass is 9.93. The third-order valence-corrected chi connectivity index (χ3v) is 7.12. The van der Waals surface area contributed by atoms with Gasteiger partial charge in [-0.15, -0.1) is 0 Å². The van der Waals surface area contributed by atoms with Crippen LogP contribution in [-0.2, 0) is 30.5 Å². The molecule has 5 rings (SSSR count). The molecule has 0 saturated heterocycles. The zero-order valence-electron chi connectivity index (χ0n) is 22.2. The Bertz CT molecular complexity index is 1400. The van der Waals surface area contributed by atoms with E-state index >= 15 is 0 Å². The van der Waals surface area contributed by atoms with Crippen molar-refractivity contribution in [1.82, 2.24) is 24.7 Å². The van der Waals surface area contributed by atoms with E-state index in [9.17, 15) is 23.1 Å². The smallest absolute Gasteiger partial charge is 0.435 e. The van der Waals surface area contributed by atoms with Crippen LogP contribution in [0.1, 0.15) is 30.3 Å². The van der Waals surface area contributed by atoms with E-state index in [1.54, 1.807) is 42.1 Å². The average molecular weight is 563 g/mol. The Morgan fingerprint density at radius 3 is 2.73 bits per heavy atom. The molecule has 0 fully saturated rings. The van der Waals surface area contributed by atoms with Crippen molar-refractivity contribution < 1.29 is 32.5 Å². The minimum atomic E-state index is -4.57. The number of aliphatic hydroxyl groups excluding tert-OH is 1. The first-order valence-electron chi connectivity index (χ1n) is 12.6. The second-order valence-electron chi connectivity index (χ2n) is 9.72. The van der Waals surface area contributed by atoms with Crippen LogP contribution in [0.2, 0.25) is 0 Å². The number of pyridine rings is 1. The summed E-state index contributed by atoms with van der Waals surface area (Å²) < 4.78 is 50.4. The van der Waals surface area contributed by atoms with Crippen molar-refractivity contribution >= 4 is 23.4 Å². The quantitative estimate of drug-likeness (QED) is 0.401. The molecule has 15 heteroatoms. The van der Waals surface area contributed by atoms with E-state index in [0.717, 1.165) is 28.4 Å². The van der Waals surface area contributed by atoms with E-state index in [2.05, 4.69) is 25.4 Å². The lowest BCUT2D eigenvalue weighted by molar-refractivity contribution is -0.141. The largest absolute Gasteiger partial charge is 0.481 e. The van der Waals surface area contributed by atoms with Crippen molar-refractivity contribution in [2.45, 2.75) is 44.6 Å². The lowest BCUT2D eigenvalue weighted by Crippen LogP contribution is -2.64. The first-order valence-corrected chi connectivity index (χ1v) is 12.6. The third kappa shape index (κ3) is 4.96. The van der Waals surface area contributed by atoms with E-state index in [4.69, 9.17) is 9.47 Å². The summed E-state index contributed by atoms with van der Waals surface area (Å²) in [4.78, 5) is 30.0. The average Bonchev–Trinajstić information content (AvgIpc) is 3.38. The maximum absolute atomic E-state index is 13.1. The summed E-state index contributed by atoms with van der Waals surface area (Å²) in [5, 5.41) is 16.7. The molecule has 5 heterocycles. The van der Waals surface area contributed by atoms with E-state index in [-0.39, 0.29) is 31.5 Å². The number of amides is 1. The Morgan fingerprint density at radius 2 is 2.05 bits per heavy atom. The van der Waals surface area contributed by atoms with Crippen molar-refractivity contribution in [3.8, 4) is 11.8 Å². The fourth-order valence-electron chi connectivity index (χ4n) is 4.69. The van der Waals surface area contributed by atoms with Crippen molar-refractivity contribution in [2.24, 2.45) is 0 Å². The molecule has 0 radical (unpaired) electrons. The van der Waals surface area contributed by atoms with E-state index < -0.39 is 17.4 Å². The molecule has 1 amide bonds. The van der Waals surface area contributed by atoms with E-state index in [1.807, 2.05) is 0 Å². The molecule has 1 atom stereocenters. The van der Waals surface area contributed by atoms with E-state index in [1.165, 1.54) is 7.11 Å². The van der Waals surface area contributed by atoms with Crippen molar-refractivity contribution in [1.29, 1.82) is 0 Å². The zero-order chi connectivity index (χ0) is 28.7. The predicted octanol–water partition coefficient (Wildman–Crippen LogP) is 2.27. The van der Waals surface area contributed by atoms with Gasteiger partial charge in [-0.05, 0) is 25.3 Å². The topological polar surface area (TPSA) is 131 Å². The number of carbonyl (C=O) groups excluding carboxylic acids is 1. The second-order valence-corrected chi connectivity index (χ2v) is 9.72. The third-order valence-electron chi connectivity index (χ3n) is 7.12. The van der Waals surface area contributed by atoms with Gasteiger partial charge in [0.15, 0.2) is 11.5 Å². The number of aliphatic hydroxyl groups is 1. The number of halogens is 3. The number of aromatic nitrogens is 5. The number of carbonyl (C=O) groups is 1. The number of nitrogens with zero attached hydrogens (tertiary/aromatic N) is 7. The predicted molar refractivity (Wildman–Crippen MR) is 137 cm³/mol. The number of aryl methyl sites for hydroxylation is 1. The number of nitrogens with one attached hydrogen (secondary N) is 1. The van der Waals surface area contributed by atoms with Gasteiger partial charge in [0.1, 0.15) is 17.8 Å². The molecule has 0 bridgehead atoms. The molecule has 0 spiro atoms. The molecule has 0 aliphatic carbocycles. The Morgan fingerprint density at radius 1 is 1.25 bits per heavy atom. The van der Waals surface area contributed by atoms with Gasteiger partial charge in [-0.1, -0.05) is 6.07 Å². The molecule has 3 aromatic rings. The molecular formula is C25H29F3N8O4. The lowest BCUT2D eigenvalue weighted by Gasteiger charge is -2.47. The molecule has 2 N–H and O–H groups in total. The number of methoxy groups -OCH3 is 1. The number of anilines is 3. The molecule has 2 aliphatic heterocycles. The molecule has 0 unspecified atom stereocenters. The molecule has 0 aromatic carbocycles. The van der Waals surface area contributed by atoms with Crippen LogP contribution in [0.3, 0.4) is 0 Å². The summed E-state index contributed by atoms with van der Waals surface area (Å²) in [6, 6.07) is 4.28. The highest BCUT2D eigenvalue weighted by atomic mass is 19.4. The van der Waals surface area contributed by atoms with E-state index in [0.29, 0.717) is 42.8 Å². The molecule has 12 nitrogen and oxygen atoms in total. The van der Waals surface area contributed by atoms with Crippen LogP contribution in [0.4, 0.5) is 30.6 Å². The first kappa shape index (κ1) is 27.4. The highest BCUT2D eigenvalue weighted by Crippen LogP contribution is 2.43. The van der Waals surface area contributed by atoms with Crippen molar-refractivity contribution in [3.05, 3.63) is 41.3 Å². The summed E-state index contributed by atoms with van der Waals surface area (Å²) in [6.45, 7) is 2.34. The monoisotopic (exact) mass is 562 g/mol. The van der Waals surface area contributed by atoms with Gasteiger partial charge in [0.25, 0.3) is 5.91 Å². The maximum Gasteiger partial charge on any atom is 0.435 e. The standard InChI is InChI=1S/C25H29F3N8O4/c1-24(14-37)22(38)35-8-4-5-16-20(35)21(34(24)2)32-23(31-16)30-13-15-6-7-18(29-12-15)40-10-9-36-19(39-3)11-17(33-36)25(26,27)28/h6-7,11-12,37H,4-5,8-10,13-14H2,1-3H3,(H,30,31,32)/t24-/m0/s1. The molecule has 2 aliphatic rings. The number of hydrogen-bond donors (Lipinski definition) is 2. The summed E-state index contributed by atoms with van der Waals surface area (Å²) in [5.74, 6) is 1.09. The Kier molecular flexibility index (Phi) is 7.16. The summed E-state index contributed by atoms with van der Waals surface area (Å²) >= 11 is 0. The SMILES string of the molecule is COc1cc(C(F)(F)F)nn1CCOc1ccc(CNc2nc3c4c(n2)N(C)[C@@](C)(CO)C(=O)N4CCC3)cn1. The van der Waals surface area contributed by atoms with Gasteiger partial charge in [0.2, 0.25) is 17.7 Å². The van der Waals surface area contributed by atoms with Crippen LogP contribution in [0.15, 0.2) is 24.4 Å². The fraction of sp³-hybridized carbons (Fsp3) is 0.480. The number of hydrogen-bond acceptors (Lipinski definition) is 10. The van der Waals surface area contributed by atoms with Gasteiger partial charge in [0.05, 0.1) is 26.0 Å². The summed E-state index contributed by atoms with van der Waals surface area (Å²) in [6.07, 6.45) is -1.48. The molecule has 40 heavy (non-hydrogen) atoms. The van der Waals surface area contributed by atoms with Crippen molar-refractivity contribution in [3.63, 3.8) is 0 Å². The minimum absolute atomic E-state index is 0.0182. The Hall–Kier alpha value is -4.14. The maximum atomic E-state index is 13.1. The number of likely N-dealkylation sites (N-methyl/N-ethyl adjacent to an activating group) is 1. The first-order chi connectivity index (χ1) is 19.0. The van der Waals surface area contributed by atoms with Gasteiger partial charge in [-0.2, -0.15) is 23.3 Å². The van der Waals surface area contributed by atoms with Crippen molar-refractivity contribution in [2.75, 3.05) is 49.0 Å². The molecule has 3 aromatic heterocycles. The van der Waals surface area contributed by atoms with Crippen LogP contribution in [0.25, 0.3) is 0 Å².